The third-order valence-electron chi connectivity index (χ3n) is 4.26. The Bertz CT molecular complexity index is 1040. The van der Waals surface area contributed by atoms with Gasteiger partial charge in [-0.3, -0.25) is 9.29 Å². The first kappa shape index (κ1) is 16.2. The minimum absolute atomic E-state index is 0.298. The highest BCUT2D eigenvalue weighted by Gasteiger charge is 2.31. The van der Waals surface area contributed by atoms with Crippen molar-refractivity contribution in [2.45, 2.75) is 25.2 Å². The third-order valence-corrected chi connectivity index (χ3v) is 7.10. The first-order chi connectivity index (χ1) is 11.9. The van der Waals surface area contributed by atoms with Gasteiger partial charge in [-0.1, -0.05) is 12.1 Å². The smallest absolute Gasteiger partial charge is 0.264 e. The molecule has 0 unspecified atom stereocenters. The molecule has 0 amide bonds. The highest BCUT2D eigenvalue weighted by molar-refractivity contribution is 7.92. The average Bonchev–Trinajstić information content (AvgIpc) is 3.21. The Balaban J connectivity index is 1.69. The van der Waals surface area contributed by atoms with Crippen LogP contribution < -0.4 is 4.31 Å². The molecule has 0 spiro atoms. The zero-order chi connectivity index (χ0) is 17.6. The molecule has 7 heteroatoms. The summed E-state index contributed by atoms with van der Waals surface area (Å²) in [5, 5.41) is 2.88. The number of benzene rings is 1. The van der Waals surface area contributed by atoms with Gasteiger partial charge in [0.25, 0.3) is 10.0 Å². The molecule has 3 aromatic rings. The molecular formula is C18H17N3O2S2. The fourth-order valence-corrected chi connectivity index (χ4v) is 5.27. The summed E-state index contributed by atoms with van der Waals surface area (Å²) in [5.74, 6) is 0. The number of rotatable bonds is 3. The van der Waals surface area contributed by atoms with Gasteiger partial charge >= 0.3 is 0 Å². The zero-order valence-electron chi connectivity index (χ0n) is 13.9. The first-order valence-corrected chi connectivity index (χ1v) is 10.3. The predicted octanol–water partition coefficient (Wildman–Crippen LogP) is 3.57. The van der Waals surface area contributed by atoms with Crippen molar-refractivity contribution in [3.63, 3.8) is 0 Å². The number of aromatic nitrogens is 2. The van der Waals surface area contributed by atoms with Crippen molar-refractivity contribution in [3.8, 4) is 10.6 Å². The van der Waals surface area contributed by atoms with Gasteiger partial charge in [0.15, 0.2) is 0 Å². The van der Waals surface area contributed by atoms with Crippen molar-refractivity contribution < 1.29 is 8.42 Å². The summed E-state index contributed by atoms with van der Waals surface area (Å²) in [4.78, 5) is 9.00. The van der Waals surface area contributed by atoms with E-state index in [1.807, 2.05) is 37.4 Å². The molecule has 0 saturated heterocycles. The Morgan fingerprint density at radius 3 is 2.56 bits per heavy atom. The van der Waals surface area contributed by atoms with Crippen molar-refractivity contribution in [2.75, 3.05) is 10.8 Å². The molecule has 25 heavy (non-hydrogen) atoms. The average molecular weight is 371 g/mol. The molecule has 0 N–H and O–H groups in total. The van der Waals surface area contributed by atoms with Crippen LogP contribution in [0.4, 0.5) is 5.69 Å². The number of thiazole rings is 1. The lowest BCUT2D eigenvalue weighted by Crippen LogP contribution is -2.29. The molecular weight excluding hydrogens is 354 g/mol. The summed E-state index contributed by atoms with van der Waals surface area (Å²) in [6.45, 7) is 4.27. The van der Waals surface area contributed by atoms with Gasteiger partial charge in [0.1, 0.15) is 5.01 Å². The van der Waals surface area contributed by atoms with Crippen LogP contribution in [0.5, 0.6) is 0 Å². The third kappa shape index (κ3) is 2.83. The fourth-order valence-electron chi connectivity index (χ4n) is 2.97. The lowest BCUT2D eigenvalue weighted by Gasteiger charge is -2.20. The first-order valence-electron chi connectivity index (χ1n) is 7.96. The van der Waals surface area contributed by atoms with E-state index in [0.717, 1.165) is 33.2 Å². The summed E-state index contributed by atoms with van der Waals surface area (Å²) in [7, 11) is -3.57. The number of hydrogen-bond acceptors (Lipinski definition) is 5. The maximum atomic E-state index is 13.1. The van der Waals surface area contributed by atoms with Crippen LogP contribution in [0.1, 0.15) is 17.0 Å². The Hall–Kier alpha value is -2.25. The zero-order valence-corrected chi connectivity index (χ0v) is 15.6. The highest BCUT2D eigenvalue weighted by Crippen LogP contribution is 2.33. The van der Waals surface area contributed by atoms with Gasteiger partial charge in [-0.2, -0.15) is 0 Å². The van der Waals surface area contributed by atoms with Crippen LogP contribution in [0.3, 0.4) is 0 Å². The van der Waals surface area contributed by atoms with Gasteiger partial charge in [0, 0.05) is 35.1 Å². The summed E-state index contributed by atoms with van der Waals surface area (Å²) < 4.78 is 27.6. The number of nitrogens with zero attached hydrogens (tertiary/aromatic N) is 3. The van der Waals surface area contributed by atoms with E-state index in [0.29, 0.717) is 17.9 Å². The Kier molecular flexibility index (Phi) is 3.85. The molecule has 0 saturated carbocycles. The van der Waals surface area contributed by atoms with Crippen molar-refractivity contribution in [1.82, 2.24) is 9.97 Å². The second-order valence-electron chi connectivity index (χ2n) is 6.10. The molecule has 1 aliphatic rings. The van der Waals surface area contributed by atoms with E-state index in [-0.39, 0.29) is 0 Å². The van der Waals surface area contributed by atoms with Crippen LogP contribution in [0.25, 0.3) is 10.6 Å². The molecule has 0 aliphatic carbocycles. The van der Waals surface area contributed by atoms with E-state index in [1.54, 1.807) is 29.7 Å². The van der Waals surface area contributed by atoms with Gasteiger partial charge in [0.2, 0.25) is 0 Å². The van der Waals surface area contributed by atoms with Gasteiger partial charge in [-0.25, -0.2) is 13.4 Å². The quantitative estimate of drug-likeness (QED) is 0.706. The molecule has 1 aliphatic heterocycles. The highest BCUT2D eigenvalue weighted by atomic mass is 32.2. The van der Waals surface area contributed by atoms with Crippen LogP contribution in [-0.2, 0) is 16.4 Å². The van der Waals surface area contributed by atoms with E-state index in [9.17, 15) is 8.42 Å². The van der Waals surface area contributed by atoms with Crippen LogP contribution in [0.15, 0.2) is 46.8 Å². The summed E-state index contributed by atoms with van der Waals surface area (Å²) in [5.41, 5.74) is 4.43. The molecule has 5 nitrogen and oxygen atoms in total. The number of aryl methyl sites for hydroxylation is 2. The van der Waals surface area contributed by atoms with E-state index >= 15 is 0 Å². The van der Waals surface area contributed by atoms with E-state index in [2.05, 4.69) is 9.97 Å². The van der Waals surface area contributed by atoms with Crippen LogP contribution in [0.2, 0.25) is 0 Å². The molecule has 128 valence electrons. The predicted molar refractivity (Wildman–Crippen MR) is 99.5 cm³/mol. The van der Waals surface area contributed by atoms with Gasteiger partial charge < -0.3 is 0 Å². The van der Waals surface area contributed by atoms with Crippen LogP contribution >= 0.6 is 11.3 Å². The second kappa shape index (κ2) is 5.93. The minimum Gasteiger partial charge on any atom is -0.266 e. The van der Waals surface area contributed by atoms with Crippen LogP contribution in [0, 0.1) is 13.8 Å². The van der Waals surface area contributed by atoms with Crippen LogP contribution in [-0.4, -0.2) is 24.9 Å². The van der Waals surface area contributed by atoms with Crippen molar-refractivity contribution in [2.24, 2.45) is 0 Å². The lowest BCUT2D eigenvalue weighted by molar-refractivity contribution is 0.592. The fraction of sp³-hybridized carbons (Fsp3) is 0.222. The molecule has 2 aromatic heterocycles. The molecule has 3 heterocycles. The Morgan fingerprint density at radius 2 is 1.88 bits per heavy atom. The monoisotopic (exact) mass is 371 g/mol. The number of hydrogen-bond donors (Lipinski definition) is 0. The molecule has 4 rings (SSSR count). The molecule has 0 radical (unpaired) electrons. The Labute approximate surface area is 151 Å². The summed E-state index contributed by atoms with van der Waals surface area (Å²) >= 11 is 1.56. The van der Waals surface area contributed by atoms with Crippen molar-refractivity contribution in [1.29, 1.82) is 0 Å². The normalized spacial score (nSPS) is 13.9. The number of fused-ring (bicyclic) bond motifs is 1. The standard InChI is InChI=1S/C18H17N3O2S2/c1-12-9-17-15(10-19-12)7-8-21(17)25(22,23)16-5-3-14(4-6-16)18-20-13(2)11-24-18/h3-6,9-11H,7-8H2,1-2H3. The Morgan fingerprint density at radius 1 is 1.12 bits per heavy atom. The minimum atomic E-state index is -3.57. The summed E-state index contributed by atoms with van der Waals surface area (Å²) in [6.07, 6.45) is 2.46. The second-order valence-corrected chi connectivity index (χ2v) is 8.82. The lowest BCUT2D eigenvalue weighted by atomic mass is 10.2. The van der Waals surface area contributed by atoms with E-state index in [4.69, 9.17) is 0 Å². The molecule has 0 atom stereocenters. The van der Waals surface area contributed by atoms with E-state index < -0.39 is 10.0 Å². The van der Waals surface area contributed by atoms with Gasteiger partial charge in [-0.05, 0) is 44.0 Å². The van der Waals surface area contributed by atoms with Crippen molar-refractivity contribution in [3.05, 3.63) is 58.9 Å². The number of sulfonamides is 1. The largest absolute Gasteiger partial charge is 0.266 e. The maximum Gasteiger partial charge on any atom is 0.264 e. The molecule has 0 bridgehead atoms. The summed E-state index contributed by atoms with van der Waals surface area (Å²) in [6, 6.07) is 8.80. The van der Waals surface area contributed by atoms with Gasteiger partial charge in [-0.15, -0.1) is 11.3 Å². The molecule has 1 aromatic carbocycles. The van der Waals surface area contributed by atoms with Gasteiger partial charge in [0.05, 0.1) is 10.6 Å². The molecule has 0 fully saturated rings. The van der Waals surface area contributed by atoms with E-state index in [1.165, 1.54) is 4.31 Å². The maximum absolute atomic E-state index is 13.1. The number of anilines is 1. The van der Waals surface area contributed by atoms with Crippen molar-refractivity contribution >= 4 is 27.0 Å². The number of pyridine rings is 1. The SMILES string of the molecule is Cc1cc2c(cn1)CCN2S(=O)(=O)c1ccc(-c2nc(C)cs2)cc1. The topological polar surface area (TPSA) is 63.2 Å².